The summed E-state index contributed by atoms with van der Waals surface area (Å²) in [6, 6.07) is 10.6. The van der Waals surface area contributed by atoms with Gasteiger partial charge in [0.1, 0.15) is 54.8 Å². The van der Waals surface area contributed by atoms with Gasteiger partial charge in [0.15, 0.2) is 0 Å². The van der Waals surface area contributed by atoms with Crippen molar-refractivity contribution in [2.75, 3.05) is 34.2 Å². The molecule has 2 aliphatic rings. The Morgan fingerprint density at radius 2 is 1.29 bits per heavy atom. The SMILES string of the molecule is C=CCOC(=O)/C=C/C[C@H]1C[C@@H](O)[C@@H](C)CCCCc2cccc(O)c2C(=O)O1.C=CCOC(=O)/C=C/C[C@H]1C[C@@H](OCOC)[C@@H](C)CCCCc2cccc(OC)c2C(=O)O1. The number of hydrogen-bond acceptors (Lipinski definition) is 13. The van der Waals surface area contributed by atoms with E-state index in [2.05, 4.69) is 20.1 Å². The van der Waals surface area contributed by atoms with E-state index in [1.54, 1.807) is 38.5 Å². The summed E-state index contributed by atoms with van der Waals surface area (Å²) >= 11 is 0. The Morgan fingerprint density at radius 1 is 0.758 bits per heavy atom. The van der Waals surface area contributed by atoms with Gasteiger partial charge in [-0.05, 0) is 73.6 Å². The second-order valence-corrected chi connectivity index (χ2v) is 15.6. The first kappa shape index (κ1) is 51.1. The number of methoxy groups -OCH3 is 2. The normalized spacial score (nSPS) is 22.6. The summed E-state index contributed by atoms with van der Waals surface area (Å²) < 4.78 is 38.0. The van der Waals surface area contributed by atoms with Crippen LogP contribution in [0, 0.1) is 11.8 Å². The number of rotatable bonds is 14. The Hall–Kier alpha value is -5.24. The number of aromatic hydroxyl groups is 1. The van der Waals surface area contributed by atoms with Crippen molar-refractivity contribution >= 4 is 23.9 Å². The van der Waals surface area contributed by atoms with E-state index in [9.17, 15) is 29.4 Å². The second kappa shape index (κ2) is 28.4. The number of carbonyl (C=O) groups is 4. The molecule has 0 saturated heterocycles. The van der Waals surface area contributed by atoms with Crippen LogP contribution in [0.4, 0.5) is 0 Å². The number of aryl methyl sites for hydroxylation is 2. The van der Waals surface area contributed by atoms with Crippen LogP contribution in [0.25, 0.3) is 0 Å². The van der Waals surface area contributed by atoms with Gasteiger partial charge in [-0.3, -0.25) is 0 Å². The molecule has 0 spiro atoms. The van der Waals surface area contributed by atoms with Crippen LogP contribution in [0.3, 0.4) is 0 Å². The highest BCUT2D eigenvalue weighted by Crippen LogP contribution is 2.31. The highest BCUT2D eigenvalue weighted by atomic mass is 16.7. The molecule has 2 aromatic carbocycles. The van der Waals surface area contributed by atoms with Crippen LogP contribution in [-0.2, 0) is 50.9 Å². The molecule has 6 atom stereocenters. The molecular formula is C49H66O13. The zero-order chi connectivity index (χ0) is 45.3. The number of phenols is 1. The highest BCUT2D eigenvalue weighted by molar-refractivity contribution is 5.95. The van der Waals surface area contributed by atoms with Crippen LogP contribution in [0.5, 0.6) is 11.5 Å². The number of fused-ring (bicyclic) bond motifs is 2. The van der Waals surface area contributed by atoms with E-state index < -0.39 is 42.2 Å². The molecule has 0 bridgehead atoms. The maximum Gasteiger partial charge on any atom is 0.342 e. The summed E-state index contributed by atoms with van der Waals surface area (Å²) in [6.07, 6.45) is 15.3. The topological polar surface area (TPSA) is 173 Å². The van der Waals surface area contributed by atoms with Crippen molar-refractivity contribution in [1.82, 2.24) is 0 Å². The molecule has 2 aromatic rings. The Bertz CT molecular complexity index is 1800. The highest BCUT2D eigenvalue weighted by Gasteiger charge is 2.29. The van der Waals surface area contributed by atoms with Gasteiger partial charge in [0.2, 0.25) is 0 Å². The van der Waals surface area contributed by atoms with Crippen molar-refractivity contribution in [2.45, 2.75) is 115 Å². The number of hydrogen-bond donors (Lipinski definition) is 2. The minimum Gasteiger partial charge on any atom is -0.507 e. The standard InChI is InChI=1S/C26H36O7.C23H30O6/c1-5-16-31-24(27)15-9-13-21-17-23(32-18-29-3)19(2)10-6-7-11-20-12-8-14-22(30-4)25(20)26(28)33-21;1-3-14-28-21(26)13-7-11-18-15-20(25)16(2)8-4-5-9-17-10-6-12-19(24)22(17)23(27)29-18/h5,8-9,12,14-15,19,21,23H,1,6-7,10-11,13,16-18H2,2-4H3;3,6-7,10,12-13,16,18,20,24-25H,1,4-5,8-9,11,14-15H2,2H3/b15-9+;13-7+/t19-,21-,23+;16-,18-,20+/m00/s1. The van der Waals surface area contributed by atoms with Crippen LogP contribution in [-0.4, -0.2) is 92.7 Å². The van der Waals surface area contributed by atoms with Crippen molar-refractivity contribution in [3.63, 3.8) is 0 Å². The average Bonchev–Trinajstić information content (AvgIpc) is 3.25. The molecule has 2 N–H and O–H groups in total. The Labute approximate surface area is 366 Å². The Kier molecular flexibility index (Phi) is 23.4. The maximum absolute atomic E-state index is 13.3. The third kappa shape index (κ3) is 17.6. The van der Waals surface area contributed by atoms with Gasteiger partial charge in [0.25, 0.3) is 0 Å². The third-order valence-corrected chi connectivity index (χ3v) is 10.8. The molecule has 4 rings (SSSR count). The van der Waals surface area contributed by atoms with E-state index in [1.165, 1.54) is 30.4 Å². The summed E-state index contributed by atoms with van der Waals surface area (Å²) in [4.78, 5) is 49.4. The summed E-state index contributed by atoms with van der Waals surface area (Å²) in [6.45, 7) is 11.6. The van der Waals surface area contributed by atoms with Gasteiger partial charge in [0.05, 0.1) is 19.3 Å². The lowest BCUT2D eigenvalue weighted by Gasteiger charge is -2.29. The van der Waals surface area contributed by atoms with E-state index in [4.69, 9.17) is 33.2 Å². The molecule has 0 fully saturated rings. The number of cyclic esters (lactones) is 2. The fraction of sp³-hybridized carbons (Fsp3) is 0.510. The van der Waals surface area contributed by atoms with Gasteiger partial charge in [-0.1, -0.05) is 88.4 Å². The lowest BCUT2D eigenvalue weighted by molar-refractivity contribution is -0.137. The minimum absolute atomic E-state index is 0.0702. The monoisotopic (exact) mass is 862 g/mol. The Balaban J connectivity index is 0.000000333. The predicted octanol–water partition coefficient (Wildman–Crippen LogP) is 8.34. The van der Waals surface area contributed by atoms with Crippen LogP contribution < -0.4 is 4.74 Å². The van der Waals surface area contributed by atoms with Gasteiger partial charge in [0, 0.05) is 44.9 Å². The van der Waals surface area contributed by atoms with E-state index in [0.717, 1.165) is 56.1 Å². The van der Waals surface area contributed by atoms with Crippen LogP contribution >= 0.6 is 0 Å². The molecule has 62 heavy (non-hydrogen) atoms. The number of carbonyl (C=O) groups excluding carboxylic acids is 4. The van der Waals surface area contributed by atoms with Crippen molar-refractivity contribution in [2.24, 2.45) is 11.8 Å². The van der Waals surface area contributed by atoms with Crippen molar-refractivity contribution in [1.29, 1.82) is 0 Å². The van der Waals surface area contributed by atoms with E-state index >= 15 is 0 Å². The van der Waals surface area contributed by atoms with Crippen LogP contribution in [0.15, 0.2) is 86.0 Å². The minimum atomic E-state index is -0.629. The zero-order valence-corrected chi connectivity index (χ0v) is 36.8. The maximum atomic E-state index is 13.3. The van der Waals surface area contributed by atoms with Gasteiger partial charge in [-0.25, -0.2) is 19.2 Å². The first-order valence-corrected chi connectivity index (χ1v) is 21.5. The summed E-state index contributed by atoms with van der Waals surface area (Å²) in [5, 5.41) is 20.7. The lowest BCUT2D eigenvalue weighted by atomic mass is 9.91. The molecular weight excluding hydrogens is 797 g/mol. The quantitative estimate of drug-likeness (QED) is 0.0611. The molecule has 340 valence electrons. The summed E-state index contributed by atoms with van der Waals surface area (Å²) in [5.41, 5.74) is 2.31. The summed E-state index contributed by atoms with van der Waals surface area (Å²) in [5.74, 6) is -1.32. The zero-order valence-electron chi connectivity index (χ0n) is 36.8. The van der Waals surface area contributed by atoms with Crippen LogP contribution in [0.1, 0.15) is 110 Å². The fourth-order valence-electron chi connectivity index (χ4n) is 7.36. The number of benzene rings is 2. The van der Waals surface area contributed by atoms with Crippen LogP contribution in [0.2, 0.25) is 0 Å². The van der Waals surface area contributed by atoms with Gasteiger partial charge in [-0.2, -0.15) is 0 Å². The second-order valence-electron chi connectivity index (χ2n) is 15.6. The van der Waals surface area contributed by atoms with E-state index in [0.29, 0.717) is 30.6 Å². The number of esters is 4. The molecule has 0 aliphatic carbocycles. The first-order valence-electron chi connectivity index (χ1n) is 21.5. The molecule has 0 saturated carbocycles. The molecule has 0 aromatic heterocycles. The smallest absolute Gasteiger partial charge is 0.342 e. The number of phenolic OH excluding ortho intramolecular Hbond substituents is 1. The molecule has 13 heteroatoms. The molecule has 0 amide bonds. The number of aliphatic hydroxyl groups is 1. The Morgan fingerprint density at radius 3 is 1.85 bits per heavy atom. The largest absolute Gasteiger partial charge is 0.507 e. The average molecular weight is 863 g/mol. The number of aliphatic hydroxyl groups excluding tert-OH is 1. The van der Waals surface area contributed by atoms with Crippen molar-refractivity contribution < 1.29 is 62.5 Å². The summed E-state index contributed by atoms with van der Waals surface area (Å²) in [7, 11) is 3.13. The number of ether oxygens (including phenoxy) is 7. The molecule has 13 nitrogen and oxygen atoms in total. The van der Waals surface area contributed by atoms with E-state index in [1.807, 2.05) is 25.1 Å². The van der Waals surface area contributed by atoms with Crippen molar-refractivity contribution in [3.8, 4) is 11.5 Å². The van der Waals surface area contributed by atoms with Crippen molar-refractivity contribution in [3.05, 3.63) is 108 Å². The van der Waals surface area contributed by atoms with Gasteiger partial charge >= 0.3 is 23.9 Å². The predicted molar refractivity (Wildman–Crippen MR) is 235 cm³/mol. The third-order valence-electron chi connectivity index (χ3n) is 10.8. The molecule has 2 aliphatic heterocycles. The fourth-order valence-corrected chi connectivity index (χ4v) is 7.36. The lowest BCUT2D eigenvalue weighted by Crippen LogP contribution is -2.31. The van der Waals surface area contributed by atoms with Gasteiger partial charge in [-0.15, -0.1) is 0 Å². The van der Waals surface area contributed by atoms with Gasteiger partial charge < -0.3 is 43.4 Å². The molecule has 0 unspecified atom stereocenters. The molecule has 2 heterocycles. The molecule has 0 radical (unpaired) electrons. The first-order chi connectivity index (χ1) is 29.9. The van der Waals surface area contributed by atoms with E-state index in [-0.39, 0.29) is 62.1 Å².